The number of likely N-dealkylation sites (N-methyl/N-ethyl adjacent to an activating group) is 1. The SMILES string of the molecule is C=CC[C@@H](COC(=O)Nc1cc2cc(F)ccc2cn1)N(C)C(=O)CCc1cccc(F)c1Cl. The summed E-state index contributed by atoms with van der Waals surface area (Å²) in [6, 6.07) is 9.82. The molecule has 1 N–H and O–H groups in total. The van der Waals surface area contributed by atoms with Gasteiger partial charge in [-0.3, -0.25) is 10.1 Å². The molecule has 3 rings (SSSR count). The zero-order chi connectivity index (χ0) is 24.7. The van der Waals surface area contributed by atoms with Gasteiger partial charge in [0.05, 0.1) is 11.1 Å². The molecular weight excluding hydrogens is 464 g/mol. The van der Waals surface area contributed by atoms with Crippen LogP contribution in [0.1, 0.15) is 18.4 Å². The highest BCUT2D eigenvalue weighted by atomic mass is 35.5. The third-order valence-corrected chi connectivity index (χ3v) is 5.76. The number of ether oxygens (including phenoxy) is 1. The molecular formula is C25H24ClF2N3O3. The monoisotopic (exact) mass is 487 g/mol. The van der Waals surface area contributed by atoms with Crippen LogP contribution < -0.4 is 5.32 Å². The van der Waals surface area contributed by atoms with E-state index in [9.17, 15) is 18.4 Å². The van der Waals surface area contributed by atoms with Crippen LogP contribution in [0.25, 0.3) is 10.8 Å². The lowest BCUT2D eigenvalue weighted by atomic mass is 10.1. The summed E-state index contributed by atoms with van der Waals surface area (Å²) < 4.78 is 32.3. The number of amides is 2. The van der Waals surface area contributed by atoms with Crippen LogP contribution in [0.5, 0.6) is 0 Å². The Balaban J connectivity index is 1.56. The lowest BCUT2D eigenvalue weighted by molar-refractivity contribution is -0.132. The number of halogens is 3. The number of fused-ring (bicyclic) bond motifs is 1. The third-order valence-electron chi connectivity index (χ3n) is 5.34. The number of hydrogen-bond acceptors (Lipinski definition) is 4. The maximum atomic E-state index is 13.6. The number of anilines is 1. The molecule has 0 aliphatic heterocycles. The van der Waals surface area contributed by atoms with Crippen LogP contribution in [-0.2, 0) is 16.0 Å². The van der Waals surface area contributed by atoms with E-state index in [0.29, 0.717) is 17.4 Å². The fourth-order valence-electron chi connectivity index (χ4n) is 3.39. The number of benzene rings is 2. The minimum atomic E-state index is -0.760. The molecule has 0 unspecified atom stereocenters. The first kappa shape index (κ1) is 25.1. The van der Waals surface area contributed by atoms with E-state index in [0.717, 1.165) is 5.39 Å². The summed E-state index contributed by atoms with van der Waals surface area (Å²) in [6.07, 6.45) is 3.15. The number of pyridine rings is 1. The third kappa shape index (κ3) is 6.51. The molecule has 0 saturated heterocycles. The van der Waals surface area contributed by atoms with E-state index in [4.69, 9.17) is 16.3 Å². The standard InChI is InChI=1S/C25H24ClF2N3O3/c1-3-5-20(31(2)23(32)11-9-16-6-4-7-21(28)24(16)26)15-34-25(33)30-22-13-18-12-19(27)10-8-17(18)14-29-22/h3-4,6-8,10,12-14,20H,1,5,9,11,15H2,2H3,(H,29,30,33)/t20-/m0/s1. The van der Waals surface area contributed by atoms with Gasteiger partial charge in [-0.2, -0.15) is 0 Å². The molecule has 0 aliphatic carbocycles. The second kappa shape index (κ2) is 11.6. The van der Waals surface area contributed by atoms with Crippen molar-refractivity contribution in [3.05, 3.63) is 83.5 Å². The molecule has 9 heteroatoms. The molecule has 34 heavy (non-hydrogen) atoms. The van der Waals surface area contributed by atoms with Crippen LogP contribution >= 0.6 is 11.6 Å². The van der Waals surface area contributed by atoms with Gasteiger partial charge in [-0.25, -0.2) is 18.6 Å². The fraction of sp³-hybridized carbons (Fsp3) is 0.240. The van der Waals surface area contributed by atoms with E-state index in [1.165, 1.54) is 35.4 Å². The molecule has 0 radical (unpaired) electrons. The predicted octanol–water partition coefficient (Wildman–Crippen LogP) is 5.75. The molecule has 6 nitrogen and oxygen atoms in total. The van der Waals surface area contributed by atoms with Crippen molar-refractivity contribution in [1.82, 2.24) is 9.88 Å². The molecule has 178 valence electrons. The van der Waals surface area contributed by atoms with Crippen LogP contribution in [0.2, 0.25) is 5.02 Å². The van der Waals surface area contributed by atoms with Crippen molar-refractivity contribution in [2.75, 3.05) is 19.0 Å². The highest BCUT2D eigenvalue weighted by Crippen LogP contribution is 2.22. The molecule has 1 aromatic heterocycles. The largest absolute Gasteiger partial charge is 0.447 e. The van der Waals surface area contributed by atoms with Crippen LogP contribution in [-0.4, -0.2) is 41.6 Å². The number of nitrogens with zero attached hydrogens (tertiary/aromatic N) is 2. The minimum Gasteiger partial charge on any atom is -0.447 e. The summed E-state index contributed by atoms with van der Waals surface area (Å²) >= 11 is 5.96. The Bertz CT molecular complexity index is 1210. The number of nitrogens with one attached hydrogen (secondary N) is 1. The average molecular weight is 488 g/mol. The highest BCUT2D eigenvalue weighted by molar-refractivity contribution is 6.31. The Labute approximate surface area is 201 Å². The van der Waals surface area contributed by atoms with Crippen LogP contribution in [0.3, 0.4) is 0 Å². The van der Waals surface area contributed by atoms with Gasteiger partial charge >= 0.3 is 6.09 Å². The lowest BCUT2D eigenvalue weighted by Gasteiger charge is -2.27. The van der Waals surface area contributed by atoms with Crippen molar-refractivity contribution < 1.29 is 23.1 Å². The molecule has 0 spiro atoms. The van der Waals surface area contributed by atoms with Crippen molar-refractivity contribution >= 4 is 40.2 Å². The predicted molar refractivity (Wildman–Crippen MR) is 128 cm³/mol. The zero-order valence-electron chi connectivity index (χ0n) is 18.6. The van der Waals surface area contributed by atoms with Gasteiger partial charge in [0.2, 0.25) is 5.91 Å². The maximum absolute atomic E-state index is 13.6. The molecule has 1 atom stereocenters. The van der Waals surface area contributed by atoms with Gasteiger partial charge in [0, 0.05) is 25.1 Å². The first-order valence-corrected chi connectivity index (χ1v) is 10.9. The van der Waals surface area contributed by atoms with Crippen LogP contribution in [0.15, 0.2) is 61.3 Å². The molecule has 0 saturated carbocycles. The van der Waals surface area contributed by atoms with Gasteiger partial charge in [-0.1, -0.05) is 29.8 Å². The van der Waals surface area contributed by atoms with E-state index in [-0.39, 0.29) is 36.2 Å². The molecule has 2 aromatic carbocycles. The normalized spacial score (nSPS) is 11.6. The van der Waals surface area contributed by atoms with Gasteiger partial charge in [0.1, 0.15) is 24.1 Å². The van der Waals surface area contributed by atoms with Crippen LogP contribution in [0, 0.1) is 11.6 Å². The summed E-state index contributed by atoms with van der Waals surface area (Å²) in [6.45, 7) is 3.61. The van der Waals surface area contributed by atoms with Gasteiger partial charge in [-0.15, -0.1) is 6.58 Å². The van der Waals surface area contributed by atoms with Gasteiger partial charge < -0.3 is 9.64 Å². The van der Waals surface area contributed by atoms with Gasteiger partial charge in [0.15, 0.2) is 0 Å². The van der Waals surface area contributed by atoms with E-state index < -0.39 is 23.8 Å². The summed E-state index contributed by atoms with van der Waals surface area (Å²) in [5, 5.41) is 3.82. The first-order chi connectivity index (χ1) is 16.3. The molecule has 2 amide bonds. The van der Waals surface area contributed by atoms with Gasteiger partial charge in [0.25, 0.3) is 0 Å². The van der Waals surface area contributed by atoms with Crippen molar-refractivity contribution in [2.45, 2.75) is 25.3 Å². The maximum Gasteiger partial charge on any atom is 0.412 e. The zero-order valence-corrected chi connectivity index (χ0v) is 19.3. The number of hydrogen-bond donors (Lipinski definition) is 1. The molecule has 0 fully saturated rings. The van der Waals surface area contributed by atoms with E-state index in [1.807, 2.05) is 0 Å². The minimum absolute atomic E-state index is 0.00522. The number of carbonyl (C=O) groups is 2. The van der Waals surface area contributed by atoms with E-state index >= 15 is 0 Å². The quantitative estimate of drug-likeness (QED) is 0.390. The number of aryl methyl sites for hydroxylation is 1. The van der Waals surface area contributed by atoms with E-state index in [2.05, 4.69) is 16.9 Å². The fourth-order valence-corrected chi connectivity index (χ4v) is 3.61. The summed E-state index contributed by atoms with van der Waals surface area (Å²) in [7, 11) is 1.60. The molecule has 3 aromatic rings. The van der Waals surface area contributed by atoms with Crippen molar-refractivity contribution in [3.8, 4) is 0 Å². The van der Waals surface area contributed by atoms with E-state index in [1.54, 1.807) is 31.3 Å². The highest BCUT2D eigenvalue weighted by Gasteiger charge is 2.21. The molecule has 1 heterocycles. The Morgan fingerprint density at radius 2 is 2.03 bits per heavy atom. The number of aromatic nitrogens is 1. The lowest BCUT2D eigenvalue weighted by Crippen LogP contribution is -2.40. The smallest absolute Gasteiger partial charge is 0.412 e. The summed E-state index contributed by atoms with van der Waals surface area (Å²) in [5.74, 6) is -0.934. The van der Waals surface area contributed by atoms with Crippen molar-refractivity contribution in [2.24, 2.45) is 0 Å². The van der Waals surface area contributed by atoms with Gasteiger partial charge in [-0.05, 0) is 54.1 Å². The van der Waals surface area contributed by atoms with Crippen LogP contribution in [0.4, 0.5) is 19.4 Å². The number of carbonyl (C=O) groups excluding carboxylic acids is 2. The first-order valence-electron chi connectivity index (χ1n) is 10.6. The second-order valence-corrected chi connectivity index (χ2v) is 8.06. The number of rotatable bonds is 9. The molecule has 0 bridgehead atoms. The second-order valence-electron chi connectivity index (χ2n) is 7.68. The summed E-state index contributed by atoms with van der Waals surface area (Å²) in [4.78, 5) is 30.5. The Hall–Kier alpha value is -3.52. The Kier molecular flexibility index (Phi) is 8.54. The van der Waals surface area contributed by atoms with Crippen molar-refractivity contribution in [3.63, 3.8) is 0 Å². The summed E-state index contributed by atoms with van der Waals surface area (Å²) in [5.41, 5.74) is 0.544. The average Bonchev–Trinajstić information content (AvgIpc) is 2.81. The Morgan fingerprint density at radius 3 is 2.79 bits per heavy atom. The van der Waals surface area contributed by atoms with Crippen molar-refractivity contribution in [1.29, 1.82) is 0 Å². The topological polar surface area (TPSA) is 71.5 Å². The Morgan fingerprint density at radius 1 is 1.24 bits per heavy atom. The molecule has 0 aliphatic rings.